The Labute approximate surface area is 91.2 Å². The number of anilines is 1. The van der Waals surface area contributed by atoms with Gasteiger partial charge < -0.3 is 10.5 Å². The second-order valence-corrected chi connectivity index (χ2v) is 3.05. The molecule has 1 rings (SSSR count). The van der Waals surface area contributed by atoms with Crippen LogP contribution in [0.3, 0.4) is 0 Å². The van der Waals surface area contributed by atoms with Gasteiger partial charge in [-0.3, -0.25) is 0 Å². The van der Waals surface area contributed by atoms with Crippen molar-refractivity contribution in [3.05, 3.63) is 23.8 Å². The fourth-order valence-corrected chi connectivity index (χ4v) is 1.08. The summed E-state index contributed by atoms with van der Waals surface area (Å²) in [7, 11) is 0. The summed E-state index contributed by atoms with van der Waals surface area (Å²) in [5.74, 6) is 2.56. The van der Waals surface area contributed by atoms with Gasteiger partial charge in [0.2, 0.25) is 0 Å². The summed E-state index contributed by atoms with van der Waals surface area (Å²) in [6, 6.07) is 2.95. The summed E-state index contributed by atoms with van der Waals surface area (Å²) >= 11 is 0. The summed E-state index contributed by atoms with van der Waals surface area (Å²) in [4.78, 5) is 0. The lowest BCUT2D eigenvalue weighted by atomic mass is 10.2. The molecule has 16 heavy (non-hydrogen) atoms. The van der Waals surface area contributed by atoms with Crippen LogP contribution >= 0.6 is 0 Å². The third-order valence-electron chi connectivity index (χ3n) is 1.84. The highest BCUT2D eigenvalue weighted by atomic mass is 19.4. The van der Waals surface area contributed by atoms with Crippen molar-refractivity contribution < 1.29 is 17.9 Å². The molecule has 86 valence electrons. The number of nitrogens with two attached hydrogens (primary N) is 1. The number of rotatable bonds is 3. The first-order chi connectivity index (χ1) is 7.45. The number of alkyl halides is 3. The van der Waals surface area contributed by atoms with E-state index in [1.165, 1.54) is 6.07 Å². The van der Waals surface area contributed by atoms with E-state index in [1.807, 2.05) is 0 Å². The van der Waals surface area contributed by atoms with Crippen LogP contribution in [-0.2, 0) is 6.18 Å². The maximum absolute atomic E-state index is 12.3. The van der Waals surface area contributed by atoms with Crippen LogP contribution in [0.5, 0.6) is 5.75 Å². The molecule has 2 N–H and O–H groups in total. The minimum absolute atomic E-state index is 0.0492. The molecule has 0 unspecified atom stereocenters. The van der Waals surface area contributed by atoms with E-state index in [4.69, 9.17) is 16.9 Å². The van der Waals surface area contributed by atoms with Crippen LogP contribution in [0.1, 0.15) is 12.0 Å². The van der Waals surface area contributed by atoms with Crippen LogP contribution in [0.2, 0.25) is 0 Å². The van der Waals surface area contributed by atoms with Crippen LogP contribution in [0.15, 0.2) is 18.2 Å². The number of hydrogen-bond acceptors (Lipinski definition) is 2. The van der Waals surface area contributed by atoms with Gasteiger partial charge >= 0.3 is 6.18 Å². The van der Waals surface area contributed by atoms with Crippen molar-refractivity contribution in [2.75, 3.05) is 12.3 Å². The molecule has 0 spiro atoms. The first-order valence-corrected chi connectivity index (χ1v) is 4.48. The lowest BCUT2D eigenvalue weighted by Crippen LogP contribution is -2.07. The molecule has 0 aliphatic heterocycles. The van der Waals surface area contributed by atoms with Crippen LogP contribution in [0.25, 0.3) is 0 Å². The Morgan fingerprint density at radius 2 is 2.06 bits per heavy atom. The molecule has 0 aliphatic carbocycles. The van der Waals surface area contributed by atoms with Crippen LogP contribution in [0.4, 0.5) is 18.9 Å². The smallest absolute Gasteiger partial charge is 0.416 e. The SMILES string of the molecule is C#CCCOc1ccc(C(F)(F)F)cc1N. The first-order valence-electron chi connectivity index (χ1n) is 4.48. The second-order valence-electron chi connectivity index (χ2n) is 3.05. The second kappa shape index (κ2) is 4.79. The van der Waals surface area contributed by atoms with Gasteiger partial charge in [0.1, 0.15) is 5.75 Å². The topological polar surface area (TPSA) is 35.2 Å². The van der Waals surface area contributed by atoms with E-state index in [1.54, 1.807) is 0 Å². The zero-order valence-corrected chi connectivity index (χ0v) is 8.34. The molecule has 2 nitrogen and oxygen atoms in total. The molecule has 1 aromatic carbocycles. The lowest BCUT2D eigenvalue weighted by Gasteiger charge is -2.11. The zero-order chi connectivity index (χ0) is 12.2. The van der Waals surface area contributed by atoms with Crippen molar-refractivity contribution in [1.82, 2.24) is 0 Å². The van der Waals surface area contributed by atoms with Crippen molar-refractivity contribution in [3.63, 3.8) is 0 Å². The highest BCUT2D eigenvalue weighted by Crippen LogP contribution is 2.33. The fraction of sp³-hybridized carbons (Fsp3) is 0.273. The molecule has 0 aliphatic rings. The number of benzene rings is 1. The molecule has 0 saturated heterocycles. The monoisotopic (exact) mass is 229 g/mol. The summed E-state index contributed by atoms with van der Waals surface area (Å²) in [5, 5.41) is 0. The molecule has 0 saturated carbocycles. The minimum atomic E-state index is -4.40. The highest BCUT2D eigenvalue weighted by molar-refractivity contribution is 5.54. The zero-order valence-electron chi connectivity index (χ0n) is 8.34. The van der Waals surface area contributed by atoms with Gasteiger partial charge in [0.05, 0.1) is 17.9 Å². The Bertz CT molecular complexity index is 407. The molecule has 0 aromatic heterocycles. The summed E-state index contributed by atoms with van der Waals surface area (Å²) in [6.45, 7) is 0.228. The molecule has 0 heterocycles. The van der Waals surface area contributed by atoms with E-state index in [-0.39, 0.29) is 18.0 Å². The average Bonchev–Trinajstić information content (AvgIpc) is 2.19. The predicted molar refractivity (Wildman–Crippen MR) is 54.8 cm³/mol. The molecular weight excluding hydrogens is 219 g/mol. The van der Waals surface area contributed by atoms with Crippen molar-refractivity contribution >= 4 is 5.69 Å². The van der Waals surface area contributed by atoms with E-state index in [2.05, 4.69) is 5.92 Å². The summed E-state index contributed by atoms with van der Waals surface area (Å²) in [6.07, 6.45) is 0.980. The number of halogens is 3. The quantitative estimate of drug-likeness (QED) is 0.491. The molecular formula is C11H10F3NO. The Morgan fingerprint density at radius 1 is 1.38 bits per heavy atom. The number of hydrogen-bond donors (Lipinski definition) is 1. The third kappa shape index (κ3) is 3.09. The Balaban J connectivity index is 2.80. The summed E-state index contributed by atoms with van der Waals surface area (Å²) < 4.78 is 42.0. The largest absolute Gasteiger partial charge is 0.490 e. The van der Waals surface area contributed by atoms with Gasteiger partial charge in [0.15, 0.2) is 0 Å². The standard InChI is InChI=1S/C11H10F3NO/c1-2-3-6-16-10-5-4-8(7-9(10)15)11(12,13)14/h1,4-5,7H,3,6,15H2. The van der Waals surface area contributed by atoms with Crippen LogP contribution in [-0.4, -0.2) is 6.61 Å². The molecule has 1 aromatic rings. The van der Waals surface area contributed by atoms with Gasteiger partial charge in [0, 0.05) is 6.42 Å². The Morgan fingerprint density at radius 3 is 2.56 bits per heavy atom. The first kappa shape index (κ1) is 12.2. The molecule has 0 bridgehead atoms. The van der Waals surface area contributed by atoms with Gasteiger partial charge in [-0.15, -0.1) is 12.3 Å². The van der Waals surface area contributed by atoms with E-state index < -0.39 is 11.7 Å². The van der Waals surface area contributed by atoms with Crippen LogP contribution in [0, 0.1) is 12.3 Å². The van der Waals surface area contributed by atoms with E-state index >= 15 is 0 Å². The number of ether oxygens (including phenoxy) is 1. The van der Waals surface area contributed by atoms with Gasteiger partial charge in [-0.25, -0.2) is 0 Å². The Hall–Kier alpha value is -1.83. The maximum Gasteiger partial charge on any atom is 0.416 e. The van der Waals surface area contributed by atoms with Gasteiger partial charge in [-0.2, -0.15) is 13.2 Å². The van der Waals surface area contributed by atoms with E-state index in [0.29, 0.717) is 6.42 Å². The molecule has 0 amide bonds. The van der Waals surface area contributed by atoms with E-state index in [9.17, 15) is 13.2 Å². The normalized spacial score (nSPS) is 10.9. The maximum atomic E-state index is 12.3. The van der Waals surface area contributed by atoms with E-state index in [0.717, 1.165) is 12.1 Å². The molecule has 0 fully saturated rings. The highest BCUT2D eigenvalue weighted by Gasteiger charge is 2.30. The van der Waals surface area contributed by atoms with Gasteiger partial charge in [-0.1, -0.05) is 0 Å². The predicted octanol–water partition coefficient (Wildman–Crippen LogP) is 2.69. The van der Waals surface area contributed by atoms with Gasteiger partial charge in [-0.05, 0) is 18.2 Å². The van der Waals surface area contributed by atoms with Crippen molar-refractivity contribution in [1.29, 1.82) is 0 Å². The van der Waals surface area contributed by atoms with Gasteiger partial charge in [0.25, 0.3) is 0 Å². The van der Waals surface area contributed by atoms with Crippen molar-refractivity contribution in [2.24, 2.45) is 0 Å². The molecule has 0 atom stereocenters. The lowest BCUT2D eigenvalue weighted by molar-refractivity contribution is -0.137. The Kier molecular flexibility index (Phi) is 3.67. The fourth-order valence-electron chi connectivity index (χ4n) is 1.08. The van der Waals surface area contributed by atoms with Crippen molar-refractivity contribution in [2.45, 2.75) is 12.6 Å². The minimum Gasteiger partial charge on any atom is -0.490 e. The number of terminal acetylenes is 1. The average molecular weight is 229 g/mol. The number of nitrogen functional groups attached to an aromatic ring is 1. The summed E-state index contributed by atoms with van der Waals surface area (Å²) in [5.41, 5.74) is 4.58. The molecule has 0 radical (unpaired) electrons. The van der Waals surface area contributed by atoms with Crippen LogP contribution < -0.4 is 10.5 Å². The third-order valence-corrected chi connectivity index (χ3v) is 1.84. The molecule has 5 heteroatoms. The van der Waals surface area contributed by atoms with Crippen molar-refractivity contribution in [3.8, 4) is 18.1 Å².